The predicted molar refractivity (Wildman–Crippen MR) is 109 cm³/mol. The number of carbonyl (C=O) groups is 1. The highest BCUT2D eigenvalue weighted by atomic mass is 32.2. The van der Waals surface area contributed by atoms with Crippen LogP contribution in [0.25, 0.3) is 10.9 Å². The van der Waals surface area contributed by atoms with Crippen molar-refractivity contribution in [2.24, 2.45) is 0 Å². The summed E-state index contributed by atoms with van der Waals surface area (Å²) in [6.07, 6.45) is 1.66. The molecule has 4 rings (SSSR count). The molecule has 4 aromatic rings. The molecular weight excluding hydrogens is 375 g/mol. The van der Waals surface area contributed by atoms with Crippen molar-refractivity contribution in [2.75, 3.05) is 5.32 Å². The number of nitrogens with one attached hydrogen (secondary N) is 2. The fraction of sp³-hybridized carbons (Fsp3) is 0.0952. The SMILES string of the molecule is Cc1[nH]nc2cc(NC(=O)c3cccnc3SCc3ccc(F)cc3)ccc12. The van der Waals surface area contributed by atoms with E-state index >= 15 is 0 Å². The summed E-state index contributed by atoms with van der Waals surface area (Å²) < 4.78 is 13.0. The predicted octanol–water partition coefficient (Wildman–Crippen LogP) is 4.95. The van der Waals surface area contributed by atoms with Crippen molar-refractivity contribution in [1.82, 2.24) is 15.2 Å². The van der Waals surface area contributed by atoms with Gasteiger partial charge in [-0.15, -0.1) is 11.8 Å². The second kappa shape index (κ2) is 7.82. The number of benzene rings is 2. The lowest BCUT2D eigenvalue weighted by atomic mass is 10.2. The van der Waals surface area contributed by atoms with Gasteiger partial charge in [-0.1, -0.05) is 12.1 Å². The maximum atomic E-state index is 13.0. The van der Waals surface area contributed by atoms with E-state index in [0.717, 1.165) is 22.2 Å². The Morgan fingerprint density at radius 3 is 2.82 bits per heavy atom. The number of hydrogen-bond acceptors (Lipinski definition) is 4. The van der Waals surface area contributed by atoms with Crippen LogP contribution in [0.3, 0.4) is 0 Å². The molecule has 2 N–H and O–H groups in total. The third-order valence-electron chi connectivity index (χ3n) is 4.31. The molecule has 0 saturated heterocycles. The Kier molecular flexibility index (Phi) is 5.08. The van der Waals surface area contributed by atoms with Gasteiger partial charge in [-0.2, -0.15) is 5.10 Å². The monoisotopic (exact) mass is 392 g/mol. The summed E-state index contributed by atoms with van der Waals surface area (Å²) >= 11 is 1.44. The highest BCUT2D eigenvalue weighted by Crippen LogP contribution is 2.26. The number of thioether (sulfide) groups is 1. The van der Waals surface area contributed by atoms with Crippen LogP contribution in [0.2, 0.25) is 0 Å². The molecule has 0 atom stereocenters. The van der Waals surface area contributed by atoms with E-state index in [0.29, 0.717) is 22.0 Å². The molecule has 0 saturated carbocycles. The molecule has 0 unspecified atom stereocenters. The molecule has 0 aliphatic rings. The number of aromatic nitrogens is 3. The van der Waals surface area contributed by atoms with Gasteiger partial charge in [-0.3, -0.25) is 9.89 Å². The lowest BCUT2D eigenvalue weighted by molar-refractivity contribution is 0.102. The molecule has 28 heavy (non-hydrogen) atoms. The van der Waals surface area contributed by atoms with Crippen LogP contribution >= 0.6 is 11.8 Å². The van der Waals surface area contributed by atoms with E-state index in [1.54, 1.807) is 30.5 Å². The second-order valence-electron chi connectivity index (χ2n) is 6.31. The third-order valence-corrected chi connectivity index (χ3v) is 5.38. The molecule has 0 aliphatic heterocycles. The summed E-state index contributed by atoms with van der Waals surface area (Å²) in [5, 5.41) is 11.7. The van der Waals surface area contributed by atoms with Crippen LogP contribution in [0.15, 0.2) is 65.8 Å². The summed E-state index contributed by atoms with van der Waals surface area (Å²) in [5.74, 6) is 0.0906. The number of H-pyrrole nitrogens is 1. The first-order valence-electron chi connectivity index (χ1n) is 8.68. The van der Waals surface area contributed by atoms with Crippen LogP contribution in [-0.4, -0.2) is 21.1 Å². The van der Waals surface area contributed by atoms with Crippen molar-refractivity contribution in [2.45, 2.75) is 17.7 Å². The van der Waals surface area contributed by atoms with Crippen LogP contribution in [0.5, 0.6) is 0 Å². The number of carbonyl (C=O) groups excluding carboxylic acids is 1. The van der Waals surface area contributed by atoms with Crippen molar-refractivity contribution in [3.63, 3.8) is 0 Å². The zero-order valence-electron chi connectivity index (χ0n) is 15.1. The average Bonchev–Trinajstić information content (AvgIpc) is 3.08. The zero-order chi connectivity index (χ0) is 19.5. The van der Waals surface area contributed by atoms with E-state index in [2.05, 4.69) is 20.5 Å². The number of halogens is 1. The highest BCUT2D eigenvalue weighted by molar-refractivity contribution is 7.98. The van der Waals surface area contributed by atoms with Crippen LogP contribution in [0.4, 0.5) is 10.1 Å². The maximum absolute atomic E-state index is 13.0. The molecule has 2 aromatic carbocycles. The van der Waals surface area contributed by atoms with Crippen molar-refractivity contribution in [3.05, 3.63) is 83.4 Å². The van der Waals surface area contributed by atoms with Crippen molar-refractivity contribution in [3.8, 4) is 0 Å². The van der Waals surface area contributed by atoms with Gasteiger partial charge in [0.25, 0.3) is 5.91 Å². The van der Waals surface area contributed by atoms with Gasteiger partial charge in [0.15, 0.2) is 0 Å². The van der Waals surface area contributed by atoms with E-state index in [4.69, 9.17) is 0 Å². The lowest BCUT2D eigenvalue weighted by Gasteiger charge is -2.09. The van der Waals surface area contributed by atoms with Crippen molar-refractivity contribution < 1.29 is 9.18 Å². The fourth-order valence-electron chi connectivity index (χ4n) is 2.83. The molecule has 140 valence electrons. The maximum Gasteiger partial charge on any atom is 0.258 e. The Hall–Kier alpha value is -3.19. The molecule has 0 radical (unpaired) electrons. The summed E-state index contributed by atoms with van der Waals surface area (Å²) in [6.45, 7) is 1.95. The molecule has 0 aliphatic carbocycles. The number of pyridine rings is 1. The number of aryl methyl sites for hydroxylation is 1. The van der Waals surface area contributed by atoms with Gasteiger partial charge < -0.3 is 5.32 Å². The number of amides is 1. The third kappa shape index (κ3) is 3.89. The Labute approximate surface area is 165 Å². The number of anilines is 1. The van der Waals surface area contributed by atoms with Gasteiger partial charge in [0.2, 0.25) is 0 Å². The van der Waals surface area contributed by atoms with E-state index in [1.807, 2.05) is 25.1 Å². The largest absolute Gasteiger partial charge is 0.322 e. The van der Waals surface area contributed by atoms with E-state index in [1.165, 1.54) is 23.9 Å². The van der Waals surface area contributed by atoms with E-state index in [-0.39, 0.29) is 11.7 Å². The number of fused-ring (bicyclic) bond motifs is 1. The van der Waals surface area contributed by atoms with E-state index < -0.39 is 0 Å². The molecule has 1 amide bonds. The van der Waals surface area contributed by atoms with Gasteiger partial charge in [0.1, 0.15) is 10.8 Å². The number of aromatic amines is 1. The summed E-state index contributed by atoms with van der Waals surface area (Å²) in [6, 6.07) is 15.4. The Balaban J connectivity index is 1.51. The first-order chi connectivity index (χ1) is 13.6. The van der Waals surface area contributed by atoms with Gasteiger partial charge in [0.05, 0.1) is 11.1 Å². The van der Waals surface area contributed by atoms with Crippen LogP contribution in [-0.2, 0) is 5.75 Å². The lowest BCUT2D eigenvalue weighted by Crippen LogP contribution is -2.13. The number of rotatable bonds is 5. The molecule has 0 spiro atoms. The van der Waals surface area contributed by atoms with Gasteiger partial charge in [-0.05, 0) is 55.0 Å². The molecule has 0 bridgehead atoms. The number of hydrogen-bond donors (Lipinski definition) is 2. The molecule has 2 heterocycles. The molecular formula is C21H17FN4OS. The molecule has 2 aromatic heterocycles. The Bertz CT molecular complexity index is 1140. The van der Waals surface area contributed by atoms with Crippen LogP contribution in [0.1, 0.15) is 21.6 Å². The normalized spacial score (nSPS) is 10.9. The summed E-state index contributed by atoms with van der Waals surface area (Å²) in [7, 11) is 0. The minimum absolute atomic E-state index is 0.235. The minimum atomic E-state index is -0.268. The first-order valence-corrected chi connectivity index (χ1v) is 9.67. The van der Waals surface area contributed by atoms with Crippen LogP contribution in [0, 0.1) is 12.7 Å². The van der Waals surface area contributed by atoms with Gasteiger partial charge in [-0.25, -0.2) is 9.37 Å². The van der Waals surface area contributed by atoms with Gasteiger partial charge >= 0.3 is 0 Å². The molecule has 0 fully saturated rings. The second-order valence-corrected chi connectivity index (χ2v) is 7.27. The van der Waals surface area contributed by atoms with Gasteiger partial charge in [0, 0.05) is 28.7 Å². The quantitative estimate of drug-likeness (QED) is 0.472. The number of nitrogens with zero attached hydrogens (tertiary/aromatic N) is 2. The topological polar surface area (TPSA) is 70.7 Å². The highest BCUT2D eigenvalue weighted by Gasteiger charge is 2.14. The Morgan fingerprint density at radius 1 is 1.18 bits per heavy atom. The Morgan fingerprint density at radius 2 is 2.00 bits per heavy atom. The van der Waals surface area contributed by atoms with Crippen LogP contribution < -0.4 is 5.32 Å². The standard InChI is InChI=1S/C21H17FN4OS/c1-13-17-9-8-16(11-19(17)26-25-13)24-20(27)18-3-2-10-23-21(18)28-12-14-4-6-15(22)7-5-14/h2-11H,12H2,1H3,(H,24,27)(H,25,26). The van der Waals surface area contributed by atoms with Crippen molar-refractivity contribution >= 4 is 34.3 Å². The molecule has 5 nitrogen and oxygen atoms in total. The fourth-order valence-corrected chi connectivity index (χ4v) is 3.78. The zero-order valence-corrected chi connectivity index (χ0v) is 15.9. The smallest absolute Gasteiger partial charge is 0.258 e. The van der Waals surface area contributed by atoms with Crippen molar-refractivity contribution in [1.29, 1.82) is 0 Å². The average molecular weight is 392 g/mol. The van der Waals surface area contributed by atoms with E-state index in [9.17, 15) is 9.18 Å². The first kappa shape index (κ1) is 18.2. The summed E-state index contributed by atoms with van der Waals surface area (Å²) in [5.41, 5.74) is 3.91. The summed E-state index contributed by atoms with van der Waals surface area (Å²) in [4.78, 5) is 17.1. The minimum Gasteiger partial charge on any atom is -0.322 e. The molecule has 7 heteroatoms.